The molecule has 2 rings (SSSR count). The molecule has 0 saturated carbocycles. The van der Waals surface area contributed by atoms with Gasteiger partial charge in [-0.2, -0.15) is 0 Å². The van der Waals surface area contributed by atoms with Crippen LogP contribution < -0.4 is 11.1 Å². The monoisotopic (exact) mass is 490 g/mol. The lowest BCUT2D eigenvalue weighted by Crippen LogP contribution is -2.40. The maximum Gasteiger partial charge on any atom is 0.248 e. The number of methoxy groups -OCH3 is 1. The Morgan fingerprint density at radius 3 is 2.70 bits per heavy atom. The molecule has 1 fully saturated rings. The minimum absolute atomic E-state index is 0. The summed E-state index contributed by atoms with van der Waals surface area (Å²) in [5.41, 5.74) is 6.83. The van der Waals surface area contributed by atoms with E-state index in [0.29, 0.717) is 31.2 Å². The highest BCUT2D eigenvalue weighted by Crippen LogP contribution is 2.17. The van der Waals surface area contributed by atoms with Crippen molar-refractivity contribution < 1.29 is 14.3 Å². The van der Waals surface area contributed by atoms with Crippen molar-refractivity contribution in [2.45, 2.75) is 19.9 Å². The van der Waals surface area contributed by atoms with E-state index in [0.717, 1.165) is 44.2 Å². The number of guanidine groups is 1. The Kier molecular flexibility index (Phi) is 11.3. The standard InChI is InChI=1S/C19H30N4O3.HI/c1-3-21-19(22-12-15-4-6-17(7-5-15)18(20)24)23-9-8-16(13-23)14-26-11-10-25-2;/h4-7,16H,3,8-14H2,1-2H3,(H2,20,24)(H,21,22);1H. The van der Waals surface area contributed by atoms with Gasteiger partial charge in [0.05, 0.1) is 26.4 Å². The van der Waals surface area contributed by atoms with E-state index < -0.39 is 5.91 Å². The Morgan fingerprint density at radius 1 is 1.33 bits per heavy atom. The number of carbonyl (C=O) groups is 1. The summed E-state index contributed by atoms with van der Waals surface area (Å²) in [6, 6.07) is 7.26. The zero-order chi connectivity index (χ0) is 18.8. The molecular weight excluding hydrogens is 459 g/mol. The Bertz CT molecular complexity index is 595. The summed E-state index contributed by atoms with van der Waals surface area (Å²) in [5.74, 6) is 1.03. The average Bonchev–Trinajstić information content (AvgIpc) is 3.11. The van der Waals surface area contributed by atoms with Gasteiger partial charge in [0.15, 0.2) is 5.96 Å². The van der Waals surface area contributed by atoms with E-state index >= 15 is 0 Å². The number of rotatable bonds is 9. The number of primary amides is 1. The van der Waals surface area contributed by atoms with Crippen LogP contribution in [-0.2, 0) is 16.0 Å². The molecule has 1 heterocycles. The van der Waals surface area contributed by atoms with Crippen LogP contribution >= 0.6 is 24.0 Å². The summed E-state index contributed by atoms with van der Waals surface area (Å²) in [5, 5.41) is 3.36. The van der Waals surface area contributed by atoms with E-state index in [4.69, 9.17) is 20.2 Å². The predicted octanol–water partition coefficient (Wildman–Crippen LogP) is 1.85. The number of nitrogens with one attached hydrogen (secondary N) is 1. The summed E-state index contributed by atoms with van der Waals surface area (Å²) in [7, 11) is 1.68. The van der Waals surface area contributed by atoms with Gasteiger partial charge in [0, 0.05) is 38.2 Å². The number of ether oxygens (including phenoxy) is 2. The van der Waals surface area contributed by atoms with E-state index in [1.165, 1.54) is 0 Å². The molecule has 1 aliphatic rings. The van der Waals surface area contributed by atoms with Gasteiger partial charge in [-0.05, 0) is 31.0 Å². The highest BCUT2D eigenvalue weighted by molar-refractivity contribution is 14.0. The average molecular weight is 490 g/mol. The lowest BCUT2D eigenvalue weighted by Gasteiger charge is -2.21. The van der Waals surface area contributed by atoms with Crippen LogP contribution in [0.15, 0.2) is 29.3 Å². The van der Waals surface area contributed by atoms with Crippen molar-refractivity contribution in [3.8, 4) is 0 Å². The normalized spacial score (nSPS) is 16.9. The van der Waals surface area contributed by atoms with Crippen molar-refractivity contribution >= 4 is 35.8 Å². The van der Waals surface area contributed by atoms with Gasteiger partial charge in [0.1, 0.15) is 0 Å². The summed E-state index contributed by atoms with van der Waals surface area (Å²) in [4.78, 5) is 18.2. The van der Waals surface area contributed by atoms with E-state index in [9.17, 15) is 4.79 Å². The number of halogens is 1. The topological polar surface area (TPSA) is 89.2 Å². The van der Waals surface area contributed by atoms with Gasteiger partial charge in [-0.15, -0.1) is 24.0 Å². The molecule has 152 valence electrons. The van der Waals surface area contributed by atoms with Crippen LogP contribution in [0.4, 0.5) is 0 Å². The first kappa shape index (κ1) is 23.6. The van der Waals surface area contributed by atoms with E-state index in [1.807, 2.05) is 12.1 Å². The minimum Gasteiger partial charge on any atom is -0.382 e. The molecule has 0 bridgehead atoms. The van der Waals surface area contributed by atoms with E-state index in [-0.39, 0.29) is 24.0 Å². The van der Waals surface area contributed by atoms with Crippen molar-refractivity contribution in [2.75, 3.05) is 46.6 Å². The molecule has 27 heavy (non-hydrogen) atoms. The predicted molar refractivity (Wildman–Crippen MR) is 118 cm³/mol. The van der Waals surface area contributed by atoms with Crippen LogP contribution in [0, 0.1) is 5.92 Å². The number of carbonyl (C=O) groups excluding carboxylic acids is 1. The second-order valence-corrected chi connectivity index (χ2v) is 6.40. The zero-order valence-electron chi connectivity index (χ0n) is 16.1. The maximum atomic E-state index is 11.1. The van der Waals surface area contributed by atoms with Crippen molar-refractivity contribution in [1.82, 2.24) is 10.2 Å². The molecule has 0 aromatic heterocycles. The Hall–Kier alpha value is -1.39. The molecule has 0 aliphatic carbocycles. The summed E-state index contributed by atoms with van der Waals surface area (Å²) >= 11 is 0. The molecule has 1 saturated heterocycles. The van der Waals surface area contributed by atoms with E-state index in [1.54, 1.807) is 19.2 Å². The quantitative estimate of drug-likeness (QED) is 0.239. The highest BCUT2D eigenvalue weighted by Gasteiger charge is 2.24. The summed E-state index contributed by atoms with van der Waals surface area (Å²) in [6.45, 7) is 7.41. The molecular formula is C19H31IN4O3. The number of hydrogen-bond acceptors (Lipinski definition) is 4. The second kappa shape index (κ2) is 12.9. The number of likely N-dealkylation sites (tertiary alicyclic amines) is 1. The zero-order valence-corrected chi connectivity index (χ0v) is 18.5. The fourth-order valence-corrected chi connectivity index (χ4v) is 2.92. The molecule has 1 aromatic carbocycles. The third-order valence-corrected chi connectivity index (χ3v) is 4.36. The fourth-order valence-electron chi connectivity index (χ4n) is 2.92. The maximum absolute atomic E-state index is 11.1. The number of hydrogen-bond donors (Lipinski definition) is 2. The molecule has 8 heteroatoms. The van der Waals surface area contributed by atoms with Crippen LogP contribution in [0.25, 0.3) is 0 Å². The van der Waals surface area contributed by atoms with Crippen molar-refractivity contribution in [3.63, 3.8) is 0 Å². The third kappa shape index (κ3) is 8.02. The number of nitrogens with two attached hydrogens (primary N) is 1. The van der Waals surface area contributed by atoms with Gasteiger partial charge >= 0.3 is 0 Å². The first-order valence-corrected chi connectivity index (χ1v) is 9.12. The molecule has 0 radical (unpaired) electrons. The Labute approximate surface area is 178 Å². The Balaban J connectivity index is 0.00000364. The van der Waals surface area contributed by atoms with Crippen LogP contribution in [0.1, 0.15) is 29.3 Å². The van der Waals surface area contributed by atoms with Crippen LogP contribution in [0.3, 0.4) is 0 Å². The SMILES string of the molecule is CCNC(=NCc1ccc(C(N)=O)cc1)N1CCC(COCCOC)C1.I. The molecule has 1 unspecified atom stereocenters. The van der Waals surface area contributed by atoms with Crippen molar-refractivity contribution in [2.24, 2.45) is 16.6 Å². The van der Waals surface area contributed by atoms with Crippen LogP contribution in [0.2, 0.25) is 0 Å². The molecule has 3 N–H and O–H groups in total. The molecule has 1 amide bonds. The third-order valence-electron chi connectivity index (χ3n) is 4.36. The molecule has 1 atom stereocenters. The lowest BCUT2D eigenvalue weighted by atomic mass is 10.1. The number of aliphatic imine (C=N–C) groups is 1. The summed E-state index contributed by atoms with van der Waals surface area (Å²) < 4.78 is 10.7. The number of amides is 1. The number of nitrogens with zero attached hydrogens (tertiary/aromatic N) is 2. The van der Waals surface area contributed by atoms with E-state index in [2.05, 4.69) is 17.1 Å². The largest absolute Gasteiger partial charge is 0.382 e. The summed E-state index contributed by atoms with van der Waals surface area (Å²) in [6.07, 6.45) is 1.10. The van der Waals surface area contributed by atoms with Gasteiger partial charge in [-0.1, -0.05) is 12.1 Å². The van der Waals surface area contributed by atoms with Gasteiger partial charge in [-0.25, -0.2) is 4.99 Å². The fraction of sp³-hybridized carbons (Fsp3) is 0.579. The van der Waals surface area contributed by atoms with Gasteiger partial charge in [-0.3, -0.25) is 4.79 Å². The number of benzene rings is 1. The molecule has 1 aliphatic heterocycles. The second-order valence-electron chi connectivity index (χ2n) is 6.40. The Morgan fingerprint density at radius 2 is 2.07 bits per heavy atom. The first-order valence-electron chi connectivity index (χ1n) is 9.12. The van der Waals surface area contributed by atoms with Gasteiger partial charge < -0.3 is 25.4 Å². The van der Waals surface area contributed by atoms with Gasteiger partial charge in [0.2, 0.25) is 5.91 Å². The lowest BCUT2D eigenvalue weighted by molar-refractivity contribution is 0.0536. The minimum atomic E-state index is -0.413. The highest BCUT2D eigenvalue weighted by atomic mass is 127. The van der Waals surface area contributed by atoms with Crippen LogP contribution in [0.5, 0.6) is 0 Å². The molecule has 0 spiro atoms. The van der Waals surface area contributed by atoms with Crippen molar-refractivity contribution in [1.29, 1.82) is 0 Å². The van der Waals surface area contributed by atoms with Gasteiger partial charge in [0.25, 0.3) is 0 Å². The van der Waals surface area contributed by atoms with Crippen molar-refractivity contribution in [3.05, 3.63) is 35.4 Å². The molecule has 1 aromatic rings. The molecule has 7 nitrogen and oxygen atoms in total. The smallest absolute Gasteiger partial charge is 0.248 e. The first-order chi connectivity index (χ1) is 12.6. The van der Waals surface area contributed by atoms with Crippen LogP contribution in [-0.4, -0.2) is 63.3 Å².